The van der Waals surface area contributed by atoms with E-state index < -0.39 is 0 Å². The van der Waals surface area contributed by atoms with Crippen molar-refractivity contribution in [3.05, 3.63) is 33.1 Å². The molecule has 2 unspecified atom stereocenters. The fourth-order valence-corrected chi connectivity index (χ4v) is 3.51. The third kappa shape index (κ3) is 3.91. The second-order valence-electron chi connectivity index (χ2n) is 5.32. The highest BCUT2D eigenvalue weighted by molar-refractivity contribution is 14.1. The van der Waals surface area contributed by atoms with Crippen LogP contribution in [0.3, 0.4) is 0 Å². The molecule has 0 bridgehead atoms. The highest BCUT2D eigenvalue weighted by Crippen LogP contribution is 2.29. The van der Waals surface area contributed by atoms with Crippen molar-refractivity contribution >= 4 is 28.5 Å². The predicted molar refractivity (Wildman–Crippen MR) is 84.0 cm³/mol. The lowest BCUT2D eigenvalue weighted by molar-refractivity contribution is 0.0908. The lowest BCUT2D eigenvalue weighted by Gasteiger charge is -2.30. The van der Waals surface area contributed by atoms with Gasteiger partial charge >= 0.3 is 0 Å². The van der Waals surface area contributed by atoms with Crippen LogP contribution in [0.5, 0.6) is 0 Å². The number of rotatable bonds is 4. The second kappa shape index (κ2) is 7.36. The molecule has 1 saturated carbocycles. The summed E-state index contributed by atoms with van der Waals surface area (Å²) in [5.41, 5.74) is 0.503. The maximum absolute atomic E-state index is 13.0. The summed E-state index contributed by atoms with van der Waals surface area (Å²) in [4.78, 5) is 12.1. The van der Waals surface area contributed by atoms with Crippen molar-refractivity contribution in [3.63, 3.8) is 0 Å². The molecular weight excluding hydrogens is 372 g/mol. The number of carbonyl (C=O) groups excluding carboxylic acids is 1. The Bertz CT molecular complexity index is 481. The van der Waals surface area contributed by atoms with E-state index in [-0.39, 0.29) is 24.2 Å². The predicted octanol–water partition coefficient (Wildman–Crippen LogP) is 2.96. The van der Waals surface area contributed by atoms with E-state index in [1.165, 1.54) is 18.2 Å². The van der Waals surface area contributed by atoms with Crippen molar-refractivity contribution in [2.45, 2.75) is 25.7 Å². The fraction of sp³-hybridized carbons (Fsp3) is 0.533. The van der Waals surface area contributed by atoms with Gasteiger partial charge in [0.05, 0.1) is 5.56 Å². The molecule has 1 aromatic rings. The van der Waals surface area contributed by atoms with Gasteiger partial charge in [-0.2, -0.15) is 0 Å². The number of amides is 1. The summed E-state index contributed by atoms with van der Waals surface area (Å²) >= 11 is 1.97. The third-order valence-corrected chi connectivity index (χ3v) is 4.89. The average molecular weight is 391 g/mol. The number of carbonyl (C=O) groups is 1. The van der Waals surface area contributed by atoms with Gasteiger partial charge in [-0.05, 0) is 65.5 Å². The molecule has 1 aliphatic rings. The van der Waals surface area contributed by atoms with Crippen molar-refractivity contribution in [1.29, 1.82) is 0 Å². The van der Waals surface area contributed by atoms with Gasteiger partial charge in [-0.25, -0.2) is 4.39 Å². The van der Waals surface area contributed by atoms with Crippen LogP contribution in [0.15, 0.2) is 18.2 Å². The van der Waals surface area contributed by atoms with Gasteiger partial charge < -0.3 is 10.4 Å². The van der Waals surface area contributed by atoms with E-state index in [2.05, 4.69) is 5.32 Å². The Labute approximate surface area is 132 Å². The van der Waals surface area contributed by atoms with Gasteiger partial charge in [-0.1, -0.05) is 12.8 Å². The summed E-state index contributed by atoms with van der Waals surface area (Å²) in [5.74, 6) is 0.127. The number of benzene rings is 1. The highest BCUT2D eigenvalue weighted by atomic mass is 127. The second-order valence-corrected chi connectivity index (χ2v) is 6.48. The Morgan fingerprint density at radius 3 is 2.70 bits per heavy atom. The van der Waals surface area contributed by atoms with E-state index in [1.54, 1.807) is 0 Å². The van der Waals surface area contributed by atoms with Gasteiger partial charge in [-0.15, -0.1) is 0 Å². The number of aliphatic hydroxyl groups is 1. The highest BCUT2D eigenvalue weighted by Gasteiger charge is 2.25. The smallest absolute Gasteiger partial charge is 0.252 e. The lowest BCUT2D eigenvalue weighted by Crippen LogP contribution is -2.35. The molecule has 3 nitrogen and oxygen atoms in total. The quantitative estimate of drug-likeness (QED) is 0.776. The molecule has 0 aliphatic heterocycles. The number of aliphatic hydroxyl groups excluding tert-OH is 1. The van der Waals surface area contributed by atoms with E-state index >= 15 is 0 Å². The van der Waals surface area contributed by atoms with Gasteiger partial charge in [-0.3, -0.25) is 4.79 Å². The maximum Gasteiger partial charge on any atom is 0.252 e. The van der Waals surface area contributed by atoms with E-state index in [0.29, 0.717) is 21.6 Å². The van der Waals surface area contributed by atoms with Crippen molar-refractivity contribution in [2.75, 3.05) is 13.2 Å². The first kappa shape index (κ1) is 15.7. The number of nitrogens with one attached hydrogen (secondary N) is 1. The first-order valence-electron chi connectivity index (χ1n) is 6.96. The monoisotopic (exact) mass is 391 g/mol. The van der Waals surface area contributed by atoms with Gasteiger partial charge in [0.25, 0.3) is 5.91 Å². The van der Waals surface area contributed by atoms with E-state index in [1.807, 2.05) is 22.6 Å². The summed E-state index contributed by atoms with van der Waals surface area (Å²) in [6, 6.07) is 4.16. The summed E-state index contributed by atoms with van der Waals surface area (Å²) in [6.07, 6.45) is 4.40. The third-order valence-electron chi connectivity index (χ3n) is 4.00. The van der Waals surface area contributed by atoms with E-state index in [9.17, 15) is 14.3 Å². The number of hydrogen-bond acceptors (Lipinski definition) is 2. The summed E-state index contributed by atoms with van der Waals surface area (Å²) in [5, 5.41) is 12.3. The summed E-state index contributed by atoms with van der Waals surface area (Å²) in [6.45, 7) is 0.770. The fourth-order valence-electron chi connectivity index (χ4n) is 2.79. The van der Waals surface area contributed by atoms with Crippen molar-refractivity contribution < 1.29 is 14.3 Å². The molecule has 0 heterocycles. The van der Waals surface area contributed by atoms with Crippen LogP contribution in [-0.2, 0) is 0 Å². The van der Waals surface area contributed by atoms with Crippen LogP contribution in [0.4, 0.5) is 4.39 Å². The zero-order valence-electron chi connectivity index (χ0n) is 11.2. The molecule has 1 amide bonds. The molecule has 110 valence electrons. The Kier molecular flexibility index (Phi) is 5.77. The molecule has 0 radical (unpaired) electrons. The molecule has 2 rings (SSSR count). The summed E-state index contributed by atoms with van der Waals surface area (Å²) < 4.78 is 13.6. The minimum atomic E-state index is -0.335. The number of halogens is 2. The number of hydrogen-bond donors (Lipinski definition) is 2. The van der Waals surface area contributed by atoms with Gasteiger partial charge in [0, 0.05) is 16.7 Å². The van der Waals surface area contributed by atoms with Crippen LogP contribution in [0.25, 0.3) is 0 Å². The SMILES string of the molecule is O=C(NCC1CCCCC1CO)c1ccc(F)cc1I. The molecule has 20 heavy (non-hydrogen) atoms. The molecule has 0 saturated heterocycles. The van der Waals surface area contributed by atoms with Crippen LogP contribution in [0, 0.1) is 21.2 Å². The first-order chi connectivity index (χ1) is 9.61. The van der Waals surface area contributed by atoms with Crippen molar-refractivity contribution in [3.8, 4) is 0 Å². The van der Waals surface area contributed by atoms with E-state index in [0.717, 1.165) is 25.7 Å². The largest absolute Gasteiger partial charge is 0.396 e. The molecule has 2 N–H and O–H groups in total. The average Bonchev–Trinajstić information content (AvgIpc) is 2.45. The molecular formula is C15H19FINO2. The Morgan fingerprint density at radius 2 is 2.05 bits per heavy atom. The molecule has 2 atom stereocenters. The molecule has 5 heteroatoms. The van der Waals surface area contributed by atoms with Crippen LogP contribution >= 0.6 is 22.6 Å². The van der Waals surface area contributed by atoms with Crippen molar-refractivity contribution in [2.24, 2.45) is 11.8 Å². The van der Waals surface area contributed by atoms with Crippen LogP contribution in [-0.4, -0.2) is 24.2 Å². The molecule has 1 fully saturated rings. The van der Waals surface area contributed by atoms with Crippen LogP contribution in [0.2, 0.25) is 0 Å². The zero-order valence-corrected chi connectivity index (χ0v) is 13.4. The standard InChI is InChI=1S/C15H19FINO2/c16-12-5-6-13(14(17)7-12)15(20)18-8-10-3-1-2-4-11(10)9-19/h5-7,10-11,19H,1-4,8-9H2,(H,18,20). The van der Waals surface area contributed by atoms with Gasteiger partial charge in [0.15, 0.2) is 0 Å². The van der Waals surface area contributed by atoms with E-state index in [4.69, 9.17) is 0 Å². The normalized spacial score (nSPS) is 22.6. The maximum atomic E-state index is 13.0. The van der Waals surface area contributed by atoms with Crippen molar-refractivity contribution in [1.82, 2.24) is 5.32 Å². The molecule has 1 aliphatic carbocycles. The Hall–Kier alpha value is -0.690. The van der Waals surface area contributed by atoms with Gasteiger partial charge in [0.1, 0.15) is 5.82 Å². The molecule has 0 aromatic heterocycles. The first-order valence-corrected chi connectivity index (χ1v) is 8.03. The molecule has 0 spiro atoms. The topological polar surface area (TPSA) is 49.3 Å². The van der Waals surface area contributed by atoms with Crippen LogP contribution < -0.4 is 5.32 Å². The Balaban J connectivity index is 1.94. The molecule has 1 aromatic carbocycles. The Morgan fingerprint density at radius 1 is 1.35 bits per heavy atom. The summed E-state index contributed by atoms with van der Waals surface area (Å²) in [7, 11) is 0. The van der Waals surface area contributed by atoms with Crippen LogP contribution in [0.1, 0.15) is 36.0 Å². The minimum Gasteiger partial charge on any atom is -0.396 e. The zero-order chi connectivity index (χ0) is 14.5. The van der Waals surface area contributed by atoms with Gasteiger partial charge in [0.2, 0.25) is 0 Å². The minimum absolute atomic E-state index is 0.170. The lowest BCUT2D eigenvalue weighted by atomic mass is 9.79.